The second-order valence-corrected chi connectivity index (χ2v) is 6.13. The summed E-state index contributed by atoms with van der Waals surface area (Å²) in [5.74, 6) is -2.19. The van der Waals surface area contributed by atoms with E-state index in [2.05, 4.69) is 15.0 Å². The summed E-state index contributed by atoms with van der Waals surface area (Å²) in [5, 5.41) is 3.53. The first-order valence-corrected chi connectivity index (χ1v) is 8.53. The molecule has 0 aliphatic heterocycles. The van der Waals surface area contributed by atoms with Gasteiger partial charge in [-0.1, -0.05) is 38.5 Å². The molecular weight excluding hydrogens is 352 g/mol. The number of amides is 1. The number of ether oxygens (including phenoxy) is 2. The van der Waals surface area contributed by atoms with Crippen molar-refractivity contribution in [2.24, 2.45) is 5.92 Å². The lowest BCUT2D eigenvalue weighted by molar-refractivity contribution is -0.147. The Morgan fingerprint density at radius 1 is 1.22 bits per heavy atom. The Morgan fingerprint density at radius 3 is 2.59 bits per heavy atom. The highest BCUT2D eigenvalue weighted by Gasteiger charge is 2.27. The largest absolute Gasteiger partial charge is 0.467 e. The van der Waals surface area contributed by atoms with Crippen molar-refractivity contribution >= 4 is 28.6 Å². The van der Waals surface area contributed by atoms with Crippen LogP contribution >= 0.6 is 0 Å². The number of rotatable bonds is 7. The van der Waals surface area contributed by atoms with Crippen LogP contribution in [0.2, 0.25) is 0 Å². The molecule has 1 aromatic heterocycles. The van der Waals surface area contributed by atoms with E-state index < -0.39 is 36.1 Å². The van der Waals surface area contributed by atoms with E-state index in [1.165, 1.54) is 13.2 Å². The van der Waals surface area contributed by atoms with Crippen LogP contribution in [0.15, 0.2) is 35.1 Å². The molecule has 1 aromatic carbocycles. The van der Waals surface area contributed by atoms with E-state index in [0.29, 0.717) is 17.2 Å². The quantitative estimate of drug-likeness (QED) is 0.708. The molecular formula is C19H22N2O6. The highest BCUT2D eigenvalue weighted by Crippen LogP contribution is 2.11. The van der Waals surface area contributed by atoms with Crippen molar-refractivity contribution in [3.8, 4) is 0 Å². The van der Waals surface area contributed by atoms with Crippen LogP contribution in [0, 0.1) is 5.92 Å². The van der Waals surface area contributed by atoms with Gasteiger partial charge in [0.1, 0.15) is 11.7 Å². The topological polar surface area (TPSA) is 115 Å². The van der Waals surface area contributed by atoms with E-state index in [-0.39, 0.29) is 11.6 Å². The first kappa shape index (κ1) is 20.2. The van der Waals surface area contributed by atoms with Crippen LogP contribution in [0.25, 0.3) is 10.8 Å². The molecule has 8 heteroatoms. The van der Waals surface area contributed by atoms with Crippen molar-refractivity contribution in [1.82, 2.24) is 10.3 Å². The molecule has 0 aliphatic rings. The van der Waals surface area contributed by atoms with Gasteiger partial charge in [-0.05, 0) is 23.4 Å². The Bertz CT molecular complexity index is 904. The predicted molar refractivity (Wildman–Crippen MR) is 98.3 cm³/mol. The average Bonchev–Trinajstić information content (AvgIpc) is 2.68. The van der Waals surface area contributed by atoms with Crippen LogP contribution in [0.4, 0.5) is 0 Å². The number of aromatic amines is 1. The molecule has 0 saturated heterocycles. The highest BCUT2D eigenvalue weighted by atomic mass is 16.5. The maximum absolute atomic E-state index is 12.1. The monoisotopic (exact) mass is 374 g/mol. The van der Waals surface area contributed by atoms with Crippen LogP contribution in [-0.4, -0.2) is 42.6 Å². The van der Waals surface area contributed by atoms with E-state index in [9.17, 15) is 19.2 Å². The molecule has 1 amide bonds. The third kappa shape index (κ3) is 4.93. The van der Waals surface area contributed by atoms with Gasteiger partial charge in [0, 0.05) is 5.39 Å². The van der Waals surface area contributed by atoms with Crippen LogP contribution < -0.4 is 10.9 Å². The number of hydrogen-bond donors (Lipinski definition) is 2. The Balaban J connectivity index is 2.03. The second-order valence-electron chi connectivity index (χ2n) is 6.13. The van der Waals surface area contributed by atoms with Crippen LogP contribution in [0.3, 0.4) is 0 Å². The SMILES string of the molecule is CC[C@@H](C)[C@@H](NC(=O)COC(=O)c1cc2ccccc2c(=O)[nH]1)C(=O)OC. The fourth-order valence-electron chi connectivity index (χ4n) is 2.54. The molecule has 0 bridgehead atoms. The van der Waals surface area contributed by atoms with Crippen molar-refractivity contribution in [3.63, 3.8) is 0 Å². The number of hydrogen-bond acceptors (Lipinski definition) is 6. The Hall–Kier alpha value is -3.16. The molecule has 0 aliphatic carbocycles. The summed E-state index contributed by atoms with van der Waals surface area (Å²) in [6.07, 6.45) is 0.651. The first-order valence-electron chi connectivity index (χ1n) is 8.53. The fourth-order valence-corrected chi connectivity index (χ4v) is 2.54. The van der Waals surface area contributed by atoms with Crippen molar-refractivity contribution in [1.29, 1.82) is 0 Å². The Morgan fingerprint density at radius 2 is 1.93 bits per heavy atom. The van der Waals surface area contributed by atoms with Gasteiger partial charge in [0.15, 0.2) is 6.61 Å². The summed E-state index contributed by atoms with van der Waals surface area (Å²) < 4.78 is 9.63. The summed E-state index contributed by atoms with van der Waals surface area (Å²) in [4.78, 5) is 50.4. The standard InChI is InChI=1S/C19H22N2O6/c1-4-11(2)16(19(25)26-3)21-15(22)10-27-18(24)14-9-12-7-5-6-8-13(12)17(23)20-14/h5-9,11,16H,4,10H2,1-3H3,(H,20,23)(H,21,22)/t11-,16-/m1/s1. The molecule has 0 radical (unpaired) electrons. The maximum atomic E-state index is 12.1. The molecule has 0 spiro atoms. The number of fused-ring (bicyclic) bond motifs is 1. The van der Waals surface area contributed by atoms with Gasteiger partial charge in [0.25, 0.3) is 11.5 Å². The second kappa shape index (κ2) is 8.98. The minimum atomic E-state index is -0.842. The van der Waals surface area contributed by atoms with Gasteiger partial charge in [0.2, 0.25) is 0 Å². The molecule has 2 N–H and O–H groups in total. The van der Waals surface area contributed by atoms with Gasteiger partial charge in [-0.25, -0.2) is 9.59 Å². The van der Waals surface area contributed by atoms with Crippen molar-refractivity contribution < 1.29 is 23.9 Å². The number of esters is 2. The summed E-state index contributed by atoms with van der Waals surface area (Å²) in [6, 6.07) is 7.44. The molecule has 2 rings (SSSR count). The Kier molecular flexibility index (Phi) is 6.70. The van der Waals surface area contributed by atoms with E-state index in [4.69, 9.17) is 4.74 Å². The number of carbonyl (C=O) groups excluding carboxylic acids is 3. The van der Waals surface area contributed by atoms with Gasteiger partial charge in [-0.2, -0.15) is 0 Å². The van der Waals surface area contributed by atoms with Gasteiger partial charge >= 0.3 is 11.9 Å². The molecule has 8 nitrogen and oxygen atoms in total. The van der Waals surface area contributed by atoms with E-state index in [0.717, 1.165) is 0 Å². The molecule has 27 heavy (non-hydrogen) atoms. The zero-order valence-electron chi connectivity index (χ0n) is 15.4. The van der Waals surface area contributed by atoms with Crippen molar-refractivity contribution in [3.05, 3.63) is 46.4 Å². The number of nitrogens with one attached hydrogen (secondary N) is 2. The minimum absolute atomic E-state index is 0.0575. The molecule has 2 aromatic rings. The molecule has 0 saturated carbocycles. The number of H-pyrrole nitrogens is 1. The van der Waals surface area contributed by atoms with Gasteiger partial charge < -0.3 is 19.8 Å². The molecule has 2 atom stereocenters. The molecule has 0 fully saturated rings. The molecule has 144 valence electrons. The average molecular weight is 374 g/mol. The summed E-state index contributed by atoms with van der Waals surface area (Å²) in [7, 11) is 1.24. The van der Waals surface area contributed by atoms with Crippen LogP contribution in [0.1, 0.15) is 30.8 Å². The van der Waals surface area contributed by atoms with Crippen LogP contribution in [-0.2, 0) is 19.1 Å². The third-order valence-electron chi connectivity index (χ3n) is 4.29. The zero-order chi connectivity index (χ0) is 20.0. The first-order chi connectivity index (χ1) is 12.9. The maximum Gasteiger partial charge on any atom is 0.355 e. The number of pyridine rings is 1. The number of carbonyl (C=O) groups is 3. The van der Waals surface area contributed by atoms with Crippen molar-refractivity contribution in [2.45, 2.75) is 26.3 Å². The molecule has 1 heterocycles. The summed E-state index contributed by atoms with van der Waals surface area (Å²) in [5.41, 5.74) is -0.482. The minimum Gasteiger partial charge on any atom is -0.467 e. The number of benzene rings is 1. The van der Waals surface area contributed by atoms with Gasteiger partial charge in [-0.15, -0.1) is 0 Å². The van der Waals surface area contributed by atoms with E-state index >= 15 is 0 Å². The predicted octanol–water partition coefficient (Wildman–Crippen LogP) is 1.39. The van der Waals surface area contributed by atoms with Crippen LogP contribution in [0.5, 0.6) is 0 Å². The third-order valence-corrected chi connectivity index (χ3v) is 4.29. The normalized spacial score (nSPS) is 12.9. The van der Waals surface area contributed by atoms with Gasteiger partial charge in [0.05, 0.1) is 7.11 Å². The lowest BCUT2D eigenvalue weighted by atomic mass is 9.99. The molecule has 0 unspecified atom stereocenters. The van der Waals surface area contributed by atoms with Crippen molar-refractivity contribution in [2.75, 3.05) is 13.7 Å². The number of methoxy groups -OCH3 is 1. The zero-order valence-corrected chi connectivity index (χ0v) is 15.4. The summed E-state index contributed by atoms with van der Waals surface area (Å²) >= 11 is 0. The number of aromatic nitrogens is 1. The fraction of sp³-hybridized carbons (Fsp3) is 0.368. The lowest BCUT2D eigenvalue weighted by Crippen LogP contribution is -2.47. The van der Waals surface area contributed by atoms with E-state index in [1.54, 1.807) is 31.2 Å². The Labute approximate surface area is 155 Å². The summed E-state index contributed by atoms with van der Waals surface area (Å²) in [6.45, 7) is 3.09. The van der Waals surface area contributed by atoms with Gasteiger partial charge in [-0.3, -0.25) is 9.59 Å². The van der Waals surface area contributed by atoms with E-state index in [1.807, 2.05) is 6.92 Å². The lowest BCUT2D eigenvalue weighted by Gasteiger charge is -2.21. The highest BCUT2D eigenvalue weighted by molar-refractivity contribution is 5.94. The smallest absolute Gasteiger partial charge is 0.355 e.